The number of aromatic nitrogens is 3. The number of oxazole rings is 1. The minimum absolute atomic E-state index is 0.0435. The minimum Gasteiger partial charge on any atom is -0.448 e. The van der Waals surface area contributed by atoms with Crippen molar-refractivity contribution in [1.82, 2.24) is 14.5 Å². The van der Waals surface area contributed by atoms with E-state index in [9.17, 15) is 19.6 Å². The van der Waals surface area contributed by atoms with Gasteiger partial charge >= 0.3 is 0 Å². The first-order chi connectivity index (χ1) is 17.3. The molecular weight excluding hydrogens is 505 g/mol. The van der Waals surface area contributed by atoms with Crippen LogP contribution in [0.4, 0.5) is 0 Å². The van der Waals surface area contributed by atoms with Gasteiger partial charge in [0.15, 0.2) is 12.2 Å². The second kappa shape index (κ2) is 10.6. The number of hydrogen-bond acceptors (Lipinski definition) is 7. The SMILES string of the molecule is N#Cc1ccc(Cl)cc1-c1cc(=O)n(C(Cc2cnco2)C(=O)Cc2ccc(C(N)=O)nc2)cc1Cl. The Morgan fingerprint density at radius 2 is 1.94 bits per heavy atom. The monoisotopic (exact) mass is 521 g/mol. The van der Waals surface area contributed by atoms with Crippen molar-refractivity contribution >= 4 is 34.9 Å². The average Bonchev–Trinajstić information content (AvgIpc) is 3.37. The lowest BCUT2D eigenvalue weighted by molar-refractivity contribution is -0.121. The van der Waals surface area contributed by atoms with Crippen molar-refractivity contribution in [2.75, 3.05) is 0 Å². The number of carbonyl (C=O) groups is 2. The quantitative estimate of drug-likeness (QED) is 0.371. The van der Waals surface area contributed by atoms with Gasteiger partial charge in [0.05, 0.1) is 22.9 Å². The Labute approximate surface area is 214 Å². The van der Waals surface area contributed by atoms with Crippen LogP contribution in [0, 0.1) is 11.3 Å². The zero-order valence-corrected chi connectivity index (χ0v) is 20.0. The van der Waals surface area contributed by atoms with Gasteiger partial charge in [-0.2, -0.15) is 5.26 Å². The number of primary amides is 1. The van der Waals surface area contributed by atoms with Gasteiger partial charge in [-0.3, -0.25) is 19.4 Å². The van der Waals surface area contributed by atoms with E-state index in [2.05, 4.69) is 16.0 Å². The molecule has 0 spiro atoms. The molecule has 1 atom stereocenters. The van der Waals surface area contributed by atoms with E-state index in [1.165, 1.54) is 47.8 Å². The first kappa shape index (κ1) is 24.9. The predicted octanol–water partition coefficient (Wildman–Crippen LogP) is 3.77. The Balaban J connectivity index is 1.73. The van der Waals surface area contributed by atoms with Crippen molar-refractivity contribution in [3.63, 3.8) is 0 Å². The van der Waals surface area contributed by atoms with E-state index in [0.29, 0.717) is 33.0 Å². The van der Waals surface area contributed by atoms with Gasteiger partial charge in [0, 0.05) is 47.5 Å². The molecule has 180 valence electrons. The van der Waals surface area contributed by atoms with Crippen LogP contribution in [-0.2, 0) is 17.6 Å². The Bertz CT molecular complexity index is 1540. The number of pyridine rings is 2. The van der Waals surface area contributed by atoms with Crippen LogP contribution in [0.2, 0.25) is 10.0 Å². The van der Waals surface area contributed by atoms with Crippen LogP contribution in [-0.4, -0.2) is 26.2 Å². The number of nitrogens with zero attached hydrogens (tertiary/aromatic N) is 4. The fourth-order valence-electron chi connectivity index (χ4n) is 3.70. The molecule has 0 fully saturated rings. The number of amides is 1. The molecule has 0 radical (unpaired) electrons. The fourth-order valence-corrected chi connectivity index (χ4v) is 4.14. The number of benzene rings is 1. The highest BCUT2D eigenvalue weighted by Gasteiger charge is 2.25. The molecule has 2 N–H and O–H groups in total. The van der Waals surface area contributed by atoms with Gasteiger partial charge in [0.2, 0.25) is 0 Å². The molecule has 0 aliphatic heterocycles. The number of halogens is 2. The van der Waals surface area contributed by atoms with E-state index in [1.54, 1.807) is 18.2 Å². The molecule has 0 saturated carbocycles. The van der Waals surface area contributed by atoms with E-state index in [0.717, 1.165) is 0 Å². The zero-order chi connectivity index (χ0) is 25.8. The van der Waals surface area contributed by atoms with Crippen LogP contribution in [0.1, 0.15) is 33.4 Å². The van der Waals surface area contributed by atoms with Gasteiger partial charge in [0.1, 0.15) is 17.5 Å². The van der Waals surface area contributed by atoms with Gasteiger partial charge < -0.3 is 14.7 Å². The summed E-state index contributed by atoms with van der Waals surface area (Å²) < 4.78 is 6.53. The molecule has 9 nitrogen and oxygen atoms in total. The summed E-state index contributed by atoms with van der Waals surface area (Å²) >= 11 is 12.6. The molecule has 36 heavy (non-hydrogen) atoms. The van der Waals surface area contributed by atoms with Gasteiger partial charge in [-0.15, -0.1) is 0 Å². The summed E-state index contributed by atoms with van der Waals surface area (Å²) in [7, 11) is 0. The summed E-state index contributed by atoms with van der Waals surface area (Å²) in [6, 6.07) is 9.97. The molecule has 4 rings (SSSR count). The maximum absolute atomic E-state index is 13.4. The third-order valence-electron chi connectivity index (χ3n) is 5.47. The molecule has 1 amide bonds. The van der Waals surface area contributed by atoms with E-state index < -0.39 is 17.5 Å². The summed E-state index contributed by atoms with van der Waals surface area (Å²) in [5, 5.41) is 9.99. The minimum atomic E-state index is -0.984. The number of ketones is 1. The summed E-state index contributed by atoms with van der Waals surface area (Å²) in [4.78, 5) is 45.7. The molecule has 3 heterocycles. The summed E-state index contributed by atoms with van der Waals surface area (Å²) in [6.07, 6.45) is 5.38. The van der Waals surface area contributed by atoms with E-state index in [1.807, 2.05) is 0 Å². The molecule has 1 aromatic carbocycles. The average molecular weight is 522 g/mol. The lowest BCUT2D eigenvalue weighted by Gasteiger charge is -2.19. The number of rotatable bonds is 8. The van der Waals surface area contributed by atoms with Crippen molar-refractivity contribution in [1.29, 1.82) is 5.26 Å². The maximum atomic E-state index is 13.4. The van der Waals surface area contributed by atoms with E-state index in [4.69, 9.17) is 33.4 Å². The lowest BCUT2D eigenvalue weighted by Crippen LogP contribution is -2.32. The Kier molecular flexibility index (Phi) is 7.29. The van der Waals surface area contributed by atoms with E-state index >= 15 is 0 Å². The Morgan fingerprint density at radius 1 is 1.14 bits per heavy atom. The number of hydrogen-bond donors (Lipinski definition) is 1. The zero-order valence-electron chi connectivity index (χ0n) is 18.5. The Morgan fingerprint density at radius 3 is 2.58 bits per heavy atom. The number of Topliss-reactive ketones (excluding diaryl/α,β-unsaturated/α-hetero) is 1. The smallest absolute Gasteiger partial charge is 0.267 e. The molecule has 0 aliphatic rings. The number of nitrogens with two attached hydrogens (primary N) is 1. The highest BCUT2D eigenvalue weighted by Crippen LogP contribution is 2.32. The highest BCUT2D eigenvalue weighted by atomic mass is 35.5. The van der Waals surface area contributed by atoms with Crippen molar-refractivity contribution in [2.45, 2.75) is 18.9 Å². The number of nitriles is 1. The standard InChI is InChI=1S/C25H17Cl2N5O4/c26-16-3-2-15(9-28)18(6-16)19-8-24(34)32(12-20(19)27)22(7-17-11-30-13-36-17)23(33)5-14-1-4-21(25(29)35)31-10-14/h1-4,6,8,10-13,22H,5,7H2,(H2,29,35). The highest BCUT2D eigenvalue weighted by molar-refractivity contribution is 6.33. The molecular formula is C25H17Cl2N5O4. The fraction of sp³-hybridized carbons (Fsp3) is 0.120. The van der Waals surface area contributed by atoms with Crippen molar-refractivity contribution in [3.8, 4) is 17.2 Å². The van der Waals surface area contributed by atoms with Crippen molar-refractivity contribution < 1.29 is 14.0 Å². The first-order valence-corrected chi connectivity index (χ1v) is 11.3. The third-order valence-corrected chi connectivity index (χ3v) is 6.00. The van der Waals surface area contributed by atoms with Gasteiger partial charge in [0.25, 0.3) is 11.5 Å². The largest absolute Gasteiger partial charge is 0.448 e. The topological polar surface area (TPSA) is 145 Å². The third kappa shape index (κ3) is 5.35. The second-order valence-corrected chi connectivity index (χ2v) is 8.67. The van der Waals surface area contributed by atoms with Crippen LogP contribution >= 0.6 is 23.2 Å². The van der Waals surface area contributed by atoms with Gasteiger partial charge in [-0.1, -0.05) is 29.3 Å². The number of carbonyl (C=O) groups excluding carboxylic acids is 2. The predicted molar refractivity (Wildman–Crippen MR) is 132 cm³/mol. The van der Waals surface area contributed by atoms with Crippen LogP contribution in [0.25, 0.3) is 11.1 Å². The lowest BCUT2D eigenvalue weighted by atomic mass is 9.99. The molecule has 0 aliphatic carbocycles. The molecule has 1 unspecified atom stereocenters. The van der Waals surface area contributed by atoms with E-state index in [-0.39, 0.29) is 29.3 Å². The van der Waals surface area contributed by atoms with Crippen LogP contribution < -0.4 is 11.3 Å². The summed E-state index contributed by atoms with van der Waals surface area (Å²) in [6.45, 7) is 0. The molecule has 0 bridgehead atoms. The summed E-state index contributed by atoms with van der Waals surface area (Å²) in [5.74, 6) is -0.618. The first-order valence-electron chi connectivity index (χ1n) is 10.5. The summed E-state index contributed by atoms with van der Waals surface area (Å²) in [5.41, 5.74) is 6.31. The Hall–Kier alpha value is -4.26. The van der Waals surface area contributed by atoms with Crippen molar-refractivity contribution in [3.05, 3.63) is 104 Å². The van der Waals surface area contributed by atoms with Gasteiger partial charge in [-0.25, -0.2) is 4.98 Å². The van der Waals surface area contributed by atoms with Crippen LogP contribution in [0.15, 0.2) is 70.6 Å². The van der Waals surface area contributed by atoms with Crippen LogP contribution in [0.5, 0.6) is 0 Å². The maximum Gasteiger partial charge on any atom is 0.267 e. The molecule has 3 aromatic heterocycles. The molecule has 0 saturated heterocycles. The molecule has 11 heteroatoms. The van der Waals surface area contributed by atoms with Gasteiger partial charge in [-0.05, 0) is 29.8 Å². The normalized spacial score (nSPS) is 11.6. The second-order valence-electron chi connectivity index (χ2n) is 7.83. The molecule has 4 aromatic rings. The van der Waals surface area contributed by atoms with Crippen molar-refractivity contribution in [2.24, 2.45) is 5.73 Å². The van der Waals surface area contributed by atoms with Crippen LogP contribution in [0.3, 0.4) is 0 Å².